The summed E-state index contributed by atoms with van der Waals surface area (Å²) in [5.74, 6) is -2.15. The maximum Gasteiger partial charge on any atom is 0.335 e. The predicted octanol–water partition coefficient (Wildman–Crippen LogP) is 3.27. The van der Waals surface area contributed by atoms with Crippen LogP contribution in [0.15, 0.2) is 37.8 Å². The molecule has 0 unspecified atom stereocenters. The second kappa shape index (κ2) is 10.1. The zero-order valence-electron chi connectivity index (χ0n) is 13.5. The average molecular weight is 334 g/mol. The third-order valence-corrected chi connectivity index (χ3v) is 3.51. The van der Waals surface area contributed by atoms with Crippen LogP contribution in [0.2, 0.25) is 0 Å². The van der Waals surface area contributed by atoms with E-state index < -0.39 is 11.9 Å². The summed E-state index contributed by atoms with van der Waals surface area (Å²) in [4.78, 5) is 23.0. The minimum atomic E-state index is -1.07. The zero-order chi connectivity index (χ0) is 17.9. The Balaban J connectivity index is 3.15. The van der Waals surface area contributed by atoms with Gasteiger partial charge in [-0.1, -0.05) is 13.2 Å². The highest BCUT2D eigenvalue weighted by molar-refractivity contribution is 5.95. The van der Waals surface area contributed by atoms with E-state index in [4.69, 9.17) is 9.47 Å². The zero-order valence-corrected chi connectivity index (χ0v) is 13.5. The number of aromatic carboxylic acids is 2. The van der Waals surface area contributed by atoms with Gasteiger partial charge in [-0.25, -0.2) is 9.59 Å². The number of carboxylic acid groups (broad SMARTS) is 2. The summed E-state index contributed by atoms with van der Waals surface area (Å²) < 4.78 is 10.1. The molecule has 1 rings (SSSR count). The maximum atomic E-state index is 11.5. The van der Waals surface area contributed by atoms with Gasteiger partial charge in [0.15, 0.2) is 0 Å². The second-order valence-electron chi connectivity index (χ2n) is 5.01. The van der Waals surface area contributed by atoms with Crippen LogP contribution in [0, 0.1) is 0 Å². The van der Waals surface area contributed by atoms with E-state index in [0.29, 0.717) is 50.0 Å². The van der Waals surface area contributed by atoms with Gasteiger partial charge in [0.2, 0.25) is 0 Å². The van der Waals surface area contributed by atoms with Gasteiger partial charge in [0, 0.05) is 0 Å². The monoisotopic (exact) mass is 334 g/mol. The molecule has 0 fully saturated rings. The Labute approximate surface area is 141 Å². The Bertz CT molecular complexity index is 553. The van der Waals surface area contributed by atoms with Crippen molar-refractivity contribution in [3.05, 3.63) is 60.1 Å². The normalized spacial score (nSPS) is 10.0. The SMILES string of the molecule is C=COCCCc1c(C(=O)O)ccc(C(=O)O)c1CCCOC=C. The van der Waals surface area contributed by atoms with E-state index in [1.54, 1.807) is 0 Å². The summed E-state index contributed by atoms with van der Waals surface area (Å²) in [5.41, 5.74) is 1.32. The highest BCUT2D eigenvalue weighted by atomic mass is 16.5. The molecule has 0 spiro atoms. The summed E-state index contributed by atoms with van der Waals surface area (Å²) in [6.45, 7) is 7.67. The van der Waals surface area contributed by atoms with E-state index in [2.05, 4.69) is 13.2 Å². The Morgan fingerprint density at radius 3 is 1.54 bits per heavy atom. The number of rotatable bonds is 12. The molecule has 1 aromatic carbocycles. The Kier molecular flexibility index (Phi) is 8.11. The molecule has 6 heteroatoms. The predicted molar refractivity (Wildman–Crippen MR) is 89.3 cm³/mol. The van der Waals surface area contributed by atoms with Gasteiger partial charge >= 0.3 is 11.9 Å². The molecule has 0 heterocycles. The van der Waals surface area contributed by atoms with Crippen molar-refractivity contribution < 1.29 is 29.3 Å². The number of benzene rings is 1. The molecule has 0 radical (unpaired) electrons. The van der Waals surface area contributed by atoms with Gasteiger partial charge in [0.1, 0.15) is 0 Å². The van der Waals surface area contributed by atoms with Gasteiger partial charge in [-0.3, -0.25) is 0 Å². The fraction of sp³-hybridized carbons (Fsp3) is 0.333. The van der Waals surface area contributed by atoms with Crippen molar-refractivity contribution in [2.75, 3.05) is 13.2 Å². The van der Waals surface area contributed by atoms with Crippen LogP contribution in [-0.2, 0) is 22.3 Å². The lowest BCUT2D eigenvalue weighted by atomic mass is 9.90. The van der Waals surface area contributed by atoms with Crippen LogP contribution in [0.3, 0.4) is 0 Å². The fourth-order valence-electron chi connectivity index (χ4n) is 2.50. The maximum absolute atomic E-state index is 11.5. The van der Waals surface area contributed by atoms with E-state index in [0.717, 1.165) is 0 Å². The van der Waals surface area contributed by atoms with Gasteiger partial charge in [-0.2, -0.15) is 0 Å². The fourth-order valence-corrected chi connectivity index (χ4v) is 2.50. The first-order chi connectivity index (χ1) is 11.5. The number of hydrogen-bond acceptors (Lipinski definition) is 4. The van der Waals surface area contributed by atoms with Crippen molar-refractivity contribution in [3.63, 3.8) is 0 Å². The van der Waals surface area contributed by atoms with Crippen LogP contribution in [0.4, 0.5) is 0 Å². The van der Waals surface area contributed by atoms with Gasteiger partial charge in [0.05, 0.1) is 36.9 Å². The molecule has 0 saturated heterocycles. The Morgan fingerprint density at radius 2 is 1.25 bits per heavy atom. The van der Waals surface area contributed by atoms with Crippen molar-refractivity contribution >= 4 is 11.9 Å². The first kappa shape index (κ1) is 19.3. The molecule has 0 aliphatic rings. The van der Waals surface area contributed by atoms with Gasteiger partial charge in [0.25, 0.3) is 0 Å². The van der Waals surface area contributed by atoms with Crippen LogP contribution in [0.1, 0.15) is 44.7 Å². The highest BCUT2D eigenvalue weighted by Gasteiger charge is 2.20. The number of hydrogen-bond donors (Lipinski definition) is 2. The lowest BCUT2D eigenvalue weighted by Crippen LogP contribution is -2.13. The first-order valence-corrected chi connectivity index (χ1v) is 7.59. The van der Waals surface area contributed by atoms with Crippen molar-refractivity contribution in [1.29, 1.82) is 0 Å². The van der Waals surface area contributed by atoms with Crippen LogP contribution in [-0.4, -0.2) is 35.4 Å². The summed E-state index contributed by atoms with van der Waals surface area (Å²) in [6.07, 6.45) is 4.58. The number of ether oxygens (including phenoxy) is 2. The summed E-state index contributed by atoms with van der Waals surface area (Å²) in [7, 11) is 0. The van der Waals surface area contributed by atoms with E-state index in [1.165, 1.54) is 24.7 Å². The molecule has 1 aromatic rings. The molecule has 0 aromatic heterocycles. The third kappa shape index (κ3) is 5.46. The van der Waals surface area contributed by atoms with Crippen LogP contribution < -0.4 is 0 Å². The van der Waals surface area contributed by atoms with Gasteiger partial charge in [-0.05, 0) is 48.9 Å². The lowest BCUT2D eigenvalue weighted by Gasteiger charge is -2.16. The summed E-state index contributed by atoms with van der Waals surface area (Å²) in [6, 6.07) is 2.69. The quantitative estimate of drug-likeness (QED) is 0.450. The molecule has 0 aliphatic carbocycles. The van der Waals surface area contributed by atoms with E-state index in [9.17, 15) is 19.8 Å². The number of carboxylic acids is 2. The lowest BCUT2D eigenvalue weighted by molar-refractivity contribution is 0.0678. The molecule has 0 aliphatic heterocycles. The van der Waals surface area contributed by atoms with Crippen molar-refractivity contribution in [2.45, 2.75) is 25.7 Å². The van der Waals surface area contributed by atoms with E-state index in [-0.39, 0.29) is 11.1 Å². The van der Waals surface area contributed by atoms with Gasteiger partial charge in [-0.15, -0.1) is 0 Å². The molecule has 0 bridgehead atoms. The number of carbonyl (C=O) groups is 2. The summed E-state index contributed by atoms with van der Waals surface area (Å²) >= 11 is 0. The van der Waals surface area contributed by atoms with Crippen molar-refractivity contribution in [1.82, 2.24) is 0 Å². The van der Waals surface area contributed by atoms with Crippen LogP contribution in [0.5, 0.6) is 0 Å². The largest absolute Gasteiger partial charge is 0.502 e. The molecule has 0 amide bonds. The van der Waals surface area contributed by atoms with Crippen molar-refractivity contribution in [3.8, 4) is 0 Å². The summed E-state index contributed by atoms with van der Waals surface area (Å²) in [5, 5.41) is 18.8. The molecule has 0 saturated carbocycles. The topological polar surface area (TPSA) is 93.1 Å². The van der Waals surface area contributed by atoms with E-state index in [1.807, 2.05) is 0 Å². The minimum Gasteiger partial charge on any atom is -0.502 e. The van der Waals surface area contributed by atoms with Crippen LogP contribution >= 0.6 is 0 Å². The molecule has 2 N–H and O–H groups in total. The third-order valence-electron chi connectivity index (χ3n) is 3.51. The second-order valence-corrected chi connectivity index (χ2v) is 5.01. The van der Waals surface area contributed by atoms with Gasteiger partial charge < -0.3 is 19.7 Å². The van der Waals surface area contributed by atoms with E-state index >= 15 is 0 Å². The molecule has 24 heavy (non-hydrogen) atoms. The highest BCUT2D eigenvalue weighted by Crippen LogP contribution is 2.23. The smallest absolute Gasteiger partial charge is 0.335 e. The molecule has 6 nitrogen and oxygen atoms in total. The Hall–Kier alpha value is -2.76. The Morgan fingerprint density at radius 1 is 0.875 bits per heavy atom. The molecular formula is C18H22O6. The standard InChI is InChI=1S/C18H22O6/c1-3-23-11-5-7-13-14(8-6-12-24-4-2)16(18(21)22)10-9-15(13)17(19)20/h3-4,9-10H,1-2,5-8,11-12H2,(H,19,20)(H,21,22). The minimum absolute atomic E-state index is 0.123. The first-order valence-electron chi connectivity index (χ1n) is 7.59. The van der Waals surface area contributed by atoms with Crippen LogP contribution in [0.25, 0.3) is 0 Å². The van der Waals surface area contributed by atoms with Crippen molar-refractivity contribution in [2.24, 2.45) is 0 Å². The molecular weight excluding hydrogens is 312 g/mol. The molecule has 130 valence electrons. The molecule has 0 atom stereocenters. The average Bonchev–Trinajstić information content (AvgIpc) is 2.55.